The van der Waals surface area contributed by atoms with Gasteiger partial charge >= 0.3 is 0 Å². The Morgan fingerprint density at radius 3 is 2.27 bits per heavy atom. The number of nitrogens with two attached hydrogens (primary N) is 1. The van der Waals surface area contributed by atoms with E-state index < -0.39 is 10.0 Å². The first-order valence-corrected chi connectivity index (χ1v) is 11.8. The number of sulfonamides is 1. The maximum atomic E-state index is 13.1. The predicted octanol–water partition coefficient (Wildman–Crippen LogP) is 3.71. The molecule has 0 bridgehead atoms. The Bertz CT molecular complexity index is 1190. The molecule has 176 valence electrons. The minimum Gasteiger partial charge on any atom is -0.493 e. The molecule has 0 atom stereocenters. The lowest BCUT2D eigenvalue weighted by Crippen LogP contribution is -2.17. The average molecular weight is 473 g/mol. The summed E-state index contributed by atoms with van der Waals surface area (Å²) in [4.78, 5) is 8.25. The van der Waals surface area contributed by atoms with Gasteiger partial charge in [-0.05, 0) is 35.2 Å². The van der Waals surface area contributed by atoms with Crippen LogP contribution in [0.25, 0.3) is 0 Å². The second kappa shape index (κ2) is 10.1. The number of aromatic nitrogens is 2. The summed E-state index contributed by atoms with van der Waals surface area (Å²) in [6, 6.07) is 13.6. The first-order chi connectivity index (χ1) is 15.7. The molecule has 33 heavy (non-hydrogen) atoms. The van der Waals surface area contributed by atoms with E-state index in [1.54, 1.807) is 48.5 Å². The van der Waals surface area contributed by atoms with Crippen molar-refractivity contribution in [2.45, 2.75) is 31.1 Å². The zero-order valence-corrected chi connectivity index (χ0v) is 19.8. The van der Waals surface area contributed by atoms with Crippen LogP contribution in [-0.4, -0.2) is 38.6 Å². The number of nitrogens with zero attached hydrogens (tertiary/aromatic N) is 2. The van der Waals surface area contributed by atoms with E-state index in [0.717, 1.165) is 5.56 Å². The normalized spacial score (nSPS) is 11.7. The molecule has 10 heteroatoms. The van der Waals surface area contributed by atoms with E-state index in [1.165, 1.54) is 13.4 Å². The first kappa shape index (κ1) is 24.3. The minimum atomic E-state index is -3.98. The van der Waals surface area contributed by atoms with Crippen molar-refractivity contribution in [2.75, 3.05) is 25.0 Å². The number of benzene rings is 2. The summed E-state index contributed by atoms with van der Waals surface area (Å²) < 4.78 is 45.5. The van der Waals surface area contributed by atoms with Crippen LogP contribution in [0.2, 0.25) is 0 Å². The molecule has 3 N–H and O–H groups in total. The lowest BCUT2D eigenvalue weighted by Gasteiger charge is -2.19. The van der Waals surface area contributed by atoms with Crippen LogP contribution in [-0.2, 0) is 15.4 Å². The maximum absolute atomic E-state index is 13.1. The van der Waals surface area contributed by atoms with Gasteiger partial charge in [-0.2, -0.15) is 4.98 Å². The van der Waals surface area contributed by atoms with Crippen molar-refractivity contribution >= 4 is 15.8 Å². The Labute approximate surface area is 194 Å². The van der Waals surface area contributed by atoms with Crippen LogP contribution >= 0.6 is 0 Å². The van der Waals surface area contributed by atoms with E-state index in [9.17, 15) is 8.42 Å². The molecular weight excluding hydrogens is 444 g/mol. The van der Waals surface area contributed by atoms with E-state index in [2.05, 4.69) is 35.5 Å². The molecule has 9 nitrogen and oxygen atoms in total. The number of methoxy groups -OCH3 is 1. The van der Waals surface area contributed by atoms with Crippen LogP contribution in [0.15, 0.2) is 59.8 Å². The Morgan fingerprint density at radius 1 is 1.00 bits per heavy atom. The molecule has 3 aromatic rings. The van der Waals surface area contributed by atoms with E-state index in [-0.39, 0.29) is 40.9 Å². The third-order valence-corrected chi connectivity index (χ3v) is 6.03. The highest BCUT2D eigenvalue weighted by atomic mass is 32.2. The van der Waals surface area contributed by atoms with Crippen molar-refractivity contribution in [3.63, 3.8) is 0 Å². The number of hydrogen-bond acceptors (Lipinski definition) is 8. The molecule has 0 unspecified atom stereocenters. The molecule has 0 aliphatic heterocycles. The topological polar surface area (TPSA) is 126 Å². The van der Waals surface area contributed by atoms with Crippen molar-refractivity contribution in [1.82, 2.24) is 9.97 Å². The third-order valence-electron chi connectivity index (χ3n) is 4.67. The summed E-state index contributed by atoms with van der Waals surface area (Å²) in [5.74, 6) is 0.732. The van der Waals surface area contributed by atoms with Crippen molar-refractivity contribution in [2.24, 2.45) is 5.73 Å². The van der Waals surface area contributed by atoms with E-state index in [0.29, 0.717) is 11.5 Å². The molecule has 3 rings (SSSR count). The van der Waals surface area contributed by atoms with Gasteiger partial charge in [0.05, 0.1) is 12.0 Å². The lowest BCUT2D eigenvalue weighted by molar-refractivity contribution is 0.295. The van der Waals surface area contributed by atoms with Gasteiger partial charge in [-0.1, -0.05) is 45.0 Å². The molecule has 0 aliphatic carbocycles. The van der Waals surface area contributed by atoms with Gasteiger partial charge in [0.2, 0.25) is 5.75 Å². The summed E-state index contributed by atoms with van der Waals surface area (Å²) in [5, 5.41) is 0. The van der Waals surface area contributed by atoms with Gasteiger partial charge in [-0.3, -0.25) is 4.72 Å². The molecular formula is C23H28N4O5S. The standard InChI is InChI=1S/C23H28N4O5S/c1-23(2,3)16-9-11-17(12-10-16)33(28,29)27-21-20(22(26-15-25-21)31-14-13-24)32-19-8-6-5-7-18(19)30-4/h5-12,15H,13-14,24H2,1-4H3,(H,25,26,27). The largest absolute Gasteiger partial charge is 0.493 e. The van der Waals surface area contributed by atoms with Gasteiger partial charge in [0, 0.05) is 6.54 Å². The number of rotatable bonds is 9. The molecule has 0 fully saturated rings. The van der Waals surface area contributed by atoms with Gasteiger partial charge in [0.25, 0.3) is 15.9 Å². The number of hydrogen-bond donors (Lipinski definition) is 2. The van der Waals surface area contributed by atoms with Crippen molar-refractivity contribution in [3.8, 4) is 23.1 Å². The fourth-order valence-corrected chi connectivity index (χ4v) is 3.93. The zero-order chi connectivity index (χ0) is 24.1. The Kier molecular flexibility index (Phi) is 7.39. The summed E-state index contributed by atoms with van der Waals surface area (Å²) in [6.45, 7) is 6.55. The highest BCUT2D eigenvalue weighted by molar-refractivity contribution is 7.92. The SMILES string of the molecule is COc1ccccc1Oc1c(NS(=O)(=O)c2ccc(C(C)(C)C)cc2)ncnc1OCCN. The quantitative estimate of drug-likeness (QED) is 0.483. The van der Waals surface area contributed by atoms with Crippen LogP contribution in [0.3, 0.4) is 0 Å². The first-order valence-electron chi connectivity index (χ1n) is 10.3. The monoisotopic (exact) mass is 472 g/mol. The molecule has 0 saturated carbocycles. The zero-order valence-electron chi connectivity index (χ0n) is 19.0. The van der Waals surface area contributed by atoms with Gasteiger partial charge in [-0.15, -0.1) is 0 Å². The average Bonchev–Trinajstić information content (AvgIpc) is 2.79. The lowest BCUT2D eigenvalue weighted by atomic mass is 9.87. The van der Waals surface area contributed by atoms with Crippen LogP contribution < -0.4 is 24.7 Å². The number of nitrogens with one attached hydrogen (secondary N) is 1. The van der Waals surface area contributed by atoms with Crippen LogP contribution in [0, 0.1) is 0 Å². The second-order valence-electron chi connectivity index (χ2n) is 8.13. The molecule has 0 radical (unpaired) electrons. The van der Waals surface area contributed by atoms with Crippen LogP contribution in [0.5, 0.6) is 23.1 Å². The van der Waals surface area contributed by atoms with Crippen molar-refractivity contribution in [1.29, 1.82) is 0 Å². The fourth-order valence-electron chi connectivity index (χ4n) is 2.91. The summed E-state index contributed by atoms with van der Waals surface area (Å²) in [5.41, 5.74) is 6.45. The second-order valence-corrected chi connectivity index (χ2v) is 9.81. The number of ether oxygens (including phenoxy) is 3. The predicted molar refractivity (Wildman–Crippen MR) is 126 cm³/mol. The summed E-state index contributed by atoms with van der Waals surface area (Å²) >= 11 is 0. The summed E-state index contributed by atoms with van der Waals surface area (Å²) in [7, 11) is -2.47. The van der Waals surface area contributed by atoms with Gasteiger partial charge in [-0.25, -0.2) is 13.4 Å². The minimum absolute atomic E-state index is 0.00895. The Balaban J connectivity index is 1.99. The number of para-hydroxylation sites is 2. The molecule has 0 aliphatic rings. The Hall–Kier alpha value is -3.37. The molecule has 0 saturated heterocycles. The van der Waals surface area contributed by atoms with Crippen LogP contribution in [0.4, 0.5) is 5.82 Å². The molecule has 0 spiro atoms. The van der Waals surface area contributed by atoms with Crippen molar-refractivity contribution < 1.29 is 22.6 Å². The van der Waals surface area contributed by atoms with E-state index in [4.69, 9.17) is 19.9 Å². The third kappa shape index (κ3) is 5.91. The van der Waals surface area contributed by atoms with Gasteiger partial charge in [0.1, 0.15) is 12.9 Å². The Morgan fingerprint density at radius 2 is 1.67 bits per heavy atom. The summed E-state index contributed by atoms with van der Waals surface area (Å²) in [6.07, 6.45) is 1.18. The molecule has 0 amide bonds. The molecule has 2 aromatic carbocycles. The molecule has 1 heterocycles. The van der Waals surface area contributed by atoms with E-state index >= 15 is 0 Å². The maximum Gasteiger partial charge on any atom is 0.263 e. The number of anilines is 1. The smallest absolute Gasteiger partial charge is 0.263 e. The van der Waals surface area contributed by atoms with Gasteiger partial charge < -0.3 is 19.9 Å². The highest BCUT2D eigenvalue weighted by Crippen LogP contribution is 2.39. The molecule has 1 aromatic heterocycles. The van der Waals surface area contributed by atoms with E-state index in [1.807, 2.05) is 0 Å². The van der Waals surface area contributed by atoms with Crippen LogP contribution in [0.1, 0.15) is 26.3 Å². The van der Waals surface area contributed by atoms with Crippen molar-refractivity contribution in [3.05, 3.63) is 60.4 Å². The van der Waals surface area contributed by atoms with Gasteiger partial charge in [0.15, 0.2) is 17.3 Å². The fraction of sp³-hybridized carbons (Fsp3) is 0.304. The highest BCUT2D eigenvalue weighted by Gasteiger charge is 2.23.